The van der Waals surface area contributed by atoms with Crippen molar-refractivity contribution in [2.45, 2.75) is 0 Å². The van der Waals surface area contributed by atoms with Crippen molar-refractivity contribution >= 4 is 216 Å². The van der Waals surface area contributed by atoms with Crippen molar-refractivity contribution in [2.24, 2.45) is 0 Å². The van der Waals surface area contributed by atoms with Crippen molar-refractivity contribution < 1.29 is 13.3 Å². The molecule has 0 unspecified atom stereocenters. The molecule has 31 rings (SSSR count). The van der Waals surface area contributed by atoms with Gasteiger partial charge in [0.25, 0.3) is 33.4 Å². The minimum atomic E-state index is -0.423. The lowest BCUT2D eigenvalue weighted by Gasteiger charge is -2.11. The Balaban J connectivity index is 0.000000107. The van der Waals surface area contributed by atoms with Gasteiger partial charge in [-0.05, 0) is 231 Å². The lowest BCUT2D eigenvalue weighted by atomic mass is 9.97. The van der Waals surface area contributed by atoms with Crippen LogP contribution >= 0.6 is 11.3 Å². The summed E-state index contributed by atoms with van der Waals surface area (Å²) >= 11 is 1.69. The molecule has 19 aromatic carbocycles. The van der Waals surface area contributed by atoms with Crippen LogP contribution in [0, 0.1) is 0 Å². The van der Waals surface area contributed by atoms with E-state index in [9.17, 15) is 9.59 Å². The molecule has 0 atom stereocenters. The molecule has 12 heterocycles. The number of rotatable bonds is 9. The van der Waals surface area contributed by atoms with Crippen LogP contribution in [-0.4, -0.2) is 42.4 Å². The third kappa shape index (κ3) is 13.5. The maximum Gasteiger partial charge on any atom is 0.268 e. The second-order valence-corrected chi connectivity index (χ2v) is 38.7. The summed E-state index contributed by atoms with van der Waals surface area (Å²) < 4.78 is 31.0. The van der Waals surface area contributed by atoms with E-state index in [2.05, 4.69) is 128 Å². The van der Waals surface area contributed by atoms with E-state index in [1.54, 1.807) is 60.3 Å². The smallest absolute Gasteiger partial charge is 0.268 e. The molecule has 12 aromatic heterocycles. The highest BCUT2D eigenvalue weighted by atomic mass is 32.1. The van der Waals surface area contributed by atoms with Crippen molar-refractivity contribution in [2.75, 3.05) is 0 Å². The summed E-state index contributed by atoms with van der Waals surface area (Å²) in [6.45, 7) is 0. The van der Waals surface area contributed by atoms with Crippen LogP contribution in [0.4, 0.5) is 0 Å². The Bertz CT molecular complexity index is 11600. The summed E-state index contributed by atoms with van der Waals surface area (Å²) in [6.07, 6.45) is 5.15. The number of pyridine rings is 2. The van der Waals surface area contributed by atoms with Crippen LogP contribution < -0.4 is 33.4 Å². The Hall–Kier alpha value is -20.4. The molecule has 0 aliphatic carbocycles. The Morgan fingerprint density at radius 2 is 0.693 bits per heavy atom. The number of hydrogen-bond donors (Lipinski definition) is 0. The third-order valence-corrected chi connectivity index (χ3v) is 30.5. The summed E-state index contributed by atoms with van der Waals surface area (Å²) in [4.78, 5) is 104. The van der Waals surface area contributed by atoms with E-state index in [4.69, 9.17) is 23.2 Å². The lowest BCUT2D eigenvalue weighted by molar-refractivity contribution is 0.532. The third-order valence-electron chi connectivity index (χ3n) is 29.4. The topological polar surface area (TPSA) is 210 Å². The van der Waals surface area contributed by atoms with Crippen LogP contribution in [0.25, 0.3) is 273 Å². The van der Waals surface area contributed by atoms with Crippen molar-refractivity contribution in [3.63, 3.8) is 0 Å². The van der Waals surface area contributed by atoms with Gasteiger partial charge in [0.15, 0.2) is 5.58 Å². The molecule has 0 aliphatic heterocycles. The van der Waals surface area contributed by atoms with Gasteiger partial charge in [0, 0.05) is 142 Å². The largest absolute Gasteiger partial charge is 0.456 e. The molecule has 0 fully saturated rings. The summed E-state index contributed by atoms with van der Waals surface area (Å²) in [5.74, 6) is 0.660. The fourth-order valence-electron chi connectivity index (χ4n) is 22.7. The zero-order valence-corrected chi connectivity index (χ0v) is 80.2. The maximum absolute atomic E-state index is 15.5. The summed E-state index contributed by atoms with van der Waals surface area (Å²) in [7, 11) is 0. The molecule has 0 saturated carbocycles. The van der Waals surface area contributed by atoms with Gasteiger partial charge in [-0.15, -0.1) is 11.3 Å². The number of fused-ring (bicyclic) bond motifs is 30. The highest BCUT2D eigenvalue weighted by molar-refractivity contribution is 7.25. The molecule has 0 aliphatic rings. The Morgan fingerprint density at radius 3 is 1.33 bits per heavy atom. The number of para-hydroxylation sites is 7. The zero-order chi connectivity index (χ0) is 99.8. The van der Waals surface area contributed by atoms with E-state index >= 15 is 19.2 Å². The predicted octanol–water partition coefficient (Wildman–Crippen LogP) is 29.9. The van der Waals surface area contributed by atoms with E-state index in [1.807, 2.05) is 297 Å². The van der Waals surface area contributed by atoms with Gasteiger partial charge in [0.2, 0.25) is 11.8 Å². The molecule has 0 amide bonds. The molecule has 0 bridgehead atoms. The van der Waals surface area contributed by atoms with Crippen molar-refractivity contribution in [3.8, 4) is 68.0 Å². The Morgan fingerprint density at radius 1 is 0.220 bits per heavy atom. The van der Waals surface area contributed by atoms with Crippen LogP contribution in [0.5, 0.6) is 0 Å². The van der Waals surface area contributed by atoms with Gasteiger partial charge in [-0.25, -0.2) is 18.7 Å². The first-order valence-electron chi connectivity index (χ1n) is 49.3. The summed E-state index contributed by atoms with van der Waals surface area (Å²) in [6, 6.07) is 143. The molecule has 19 heteroatoms. The average Bonchev–Trinajstić information content (AvgIpc) is 1.54. The number of hydrogen-bond acceptors (Lipinski definition) is 13. The highest BCUT2D eigenvalue weighted by Gasteiger charge is 2.28. The first-order valence-corrected chi connectivity index (χ1v) is 50.1. The van der Waals surface area contributed by atoms with Crippen molar-refractivity contribution in [1.29, 1.82) is 0 Å². The molecule has 0 radical (unpaired) electrons. The molecule has 18 nitrogen and oxygen atoms in total. The second kappa shape index (κ2) is 34.1. The van der Waals surface area contributed by atoms with Crippen LogP contribution in [0.2, 0.25) is 0 Å². The first kappa shape index (κ1) is 86.3. The molecule has 150 heavy (non-hydrogen) atoms. The fraction of sp³-hybridized carbons (Fsp3) is 0. The van der Waals surface area contributed by atoms with Crippen LogP contribution in [-0.2, 0) is 0 Å². The number of nitrogens with zero attached hydrogens (tertiary/aromatic N) is 9. The van der Waals surface area contributed by atoms with Gasteiger partial charge in [-0.1, -0.05) is 249 Å². The minimum Gasteiger partial charge on any atom is -0.456 e. The molecular weight excluding hydrogens is 1880 g/mol. The normalized spacial score (nSPS) is 11.9. The number of benzene rings is 19. The molecule has 704 valence electrons. The predicted molar refractivity (Wildman–Crippen MR) is 610 cm³/mol. The number of furan rings is 2. The van der Waals surface area contributed by atoms with Crippen LogP contribution in [0.1, 0.15) is 0 Å². The number of oxazole rings is 1. The molecule has 0 spiro atoms. The minimum absolute atomic E-state index is 0.188. The van der Waals surface area contributed by atoms with E-state index in [0.29, 0.717) is 87.8 Å². The molecular formula is C131H75N9O9S. The Labute approximate surface area is 851 Å². The second-order valence-electron chi connectivity index (χ2n) is 37.6. The fourth-order valence-corrected chi connectivity index (χ4v) is 23.8. The van der Waals surface area contributed by atoms with Gasteiger partial charge >= 0.3 is 0 Å². The summed E-state index contributed by atoms with van der Waals surface area (Å²) in [5, 5.41) is 18.1. The van der Waals surface area contributed by atoms with Crippen LogP contribution in [0.15, 0.2) is 497 Å². The van der Waals surface area contributed by atoms with E-state index in [0.717, 1.165) is 179 Å². The first-order chi connectivity index (χ1) is 73.9. The number of thiophene rings is 1. The Kier molecular flexibility index (Phi) is 19.6. The van der Waals surface area contributed by atoms with Gasteiger partial charge in [-0.2, -0.15) is 0 Å². The van der Waals surface area contributed by atoms with Gasteiger partial charge in [-0.3, -0.25) is 38.7 Å². The lowest BCUT2D eigenvalue weighted by Crippen LogP contribution is -2.28. The van der Waals surface area contributed by atoms with Crippen molar-refractivity contribution in [3.05, 3.63) is 518 Å². The zero-order valence-electron chi connectivity index (χ0n) is 79.4. The van der Waals surface area contributed by atoms with Crippen molar-refractivity contribution in [1.82, 2.24) is 42.4 Å². The molecule has 31 aromatic rings. The maximum atomic E-state index is 15.5. The van der Waals surface area contributed by atoms with E-state index in [-0.39, 0.29) is 11.4 Å². The van der Waals surface area contributed by atoms with Gasteiger partial charge in [0.05, 0.1) is 66.3 Å². The van der Waals surface area contributed by atoms with Gasteiger partial charge in [0.1, 0.15) is 22.9 Å². The molecule has 0 saturated heterocycles. The molecule has 0 N–H and O–H groups in total. The standard InChI is InChI=1S/C50H28N4O3.C45H25N3O3S.C36H22N2O3/c55-49-40-27-39-33-13-5-7-17-43(33)57-44(39)28-38(40)34-22-23-42-45(36-14-4-6-16-41(36)53(42)31-11-2-1-3-12-31)46(34)50(56)54(49)32-20-18-29(19-21-32)37-26-30-10-8-24-51-47(30)48-35(37)15-9-25-52-48;49-44-34-24-33-29-15-8-10-18-39(29)52-40(33)25-32(34)30-20-21-37-41(31-16-7-9-17-36(31)47(37)27-13-5-2-6-14-27)42(30)45(50)48(44)28-19-22-38-35(23-28)46-43(51-38)26-11-3-1-4-12-26;39-35-28-17-8-7-15-26(28)29-21-33-30(27-16-9-10-18-32(27)37(33)25-13-5-2-6-14-25)20-31(29)36(40)38(35)34-19-24(22-41-34)23-11-3-1-4-12-23/h1-28H;1-25H;1-22H. The SMILES string of the molecule is O=c1c2cc3c(cc2c2ccc4c(c5ccccc5n4-c4ccccc4)c2c(=O)n1-c1ccc(-c2cc4cccnc4c4ncccc24)cc1)oc1ccccc13.O=c1c2cc3c(cc2c2ccc4c(c5ccccc5n4-c4ccccc4)c2c(=O)n1-c1ccc2oc(-c4ccccc4)nc2c1)sc1ccccc13.O=c1c2ccccc2c2cc3c(cc2c(=O)n1-c1cc(-c2ccccc2)co1)c1ccccc1n3-c1ccccc1. The van der Waals surface area contributed by atoms with E-state index < -0.39 is 27.8 Å². The number of aromatic nitrogens is 9. The average molecular weight is 1950 g/mol. The van der Waals surface area contributed by atoms with Crippen LogP contribution in [0.3, 0.4) is 0 Å². The van der Waals surface area contributed by atoms with E-state index in [1.165, 1.54) is 13.7 Å². The summed E-state index contributed by atoms with van der Waals surface area (Å²) in [5.41, 5.74) is 15.8. The monoisotopic (exact) mass is 1950 g/mol. The van der Waals surface area contributed by atoms with Gasteiger partial charge < -0.3 is 27.0 Å². The quantitative estimate of drug-likeness (QED) is 0.124. The highest BCUT2D eigenvalue weighted by Crippen LogP contribution is 2.46.